The van der Waals surface area contributed by atoms with Crippen LogP contribution in [0.15, 0.2) is 18.2 Å². The van der Waals surface area contributed by atoms with Gasteiger partial charge in [0.15, 0.2) is 11.5 Å². The van der Waals surface area contributed by atoms with Crippen LogP contribution in [0.4, 0.5) is 8.78 Å². The number of ether oxygens (including phenoxy) is 2. The topological polar surface area (TPSA) is 62.5 Å². The van der Waals surface area contributed by atoms with Crippen molar-refractivity contribution in [1.29, 1.82) is 5.26 Å². The summed E-state index contributed by atoms with van der Waals surface area (Å²) in [4.78, 5) is 0. The monoisotopic (exact) mass is 243 g/mol. The van der Waals surface area contributed by atoms with Gasteiger partial charge in [-0.05, 0) is 17.7 Å². The highest BCUT2D eigenvalue weighted by Crippen LogP contribution is 2.32. The molecule has 0 aromatic heterocycles. The molecule has 6 heteroatoms. The molecule has 0 bridgehead atoms. The number of aliphatic hydroxyl groups is 1. The van der Waals surface area contributed by atoms with E-state index in [0.717, 1.165) is 0 Å². The van der Waals surface area contributed by atoms with E-state index >= 15 is 0 Å². The van der Waals surface area contributed by atoms with Crippen molar-refractivity contribution in [3.8, 4) is 17.6 Å². The summed E-state index contributed by atoms with van der Waals surface area (Å²) in [6.45, 7) is -2.98. The van der Waals surface area contributed by atoms with Crippen molar-refractivity contribution in [2.45, 2.75) is 19.1 Å². The Hall–Kier alpha value is -1.87. The first-order chi connectivity index (χ1) is 8.08. The molecular formula is C11H11F2NO3. The van der Waals surface area contributed by atoms with Crippen molar-refractivity contribution in [3.05, 3.63) is 23.8 Å². The summed E-state index contributed by atoms with van der Waals surface area (Å²) in [6.07, 6.45) is -1.16. The zero-order valence-corrected chi connectivity index (χ0v) is 9.06. The van der Waals surface area contributed by atoms with Crippen LogP contribution < -0.4 is 9.47 Å². The van der Waals surface area contributed by atoms with Crippen molar-refractivity contribution in [2.75, 3.05) is 7.11 Å². The summed E-state index contributed by atoms with van der Waals surface area (Å²) in [5.74, 6) is -0.0322. The largest absolute Gasteiger partial charge is 0.493 e. The molecule has 1 unspecified atom stereocenters. The third-order valence-electron chi connectivity index (χ3n) is 2.07. The molecule has 0 spiro atoms. The first kappa shape index (κ1) is 13.2. The highest BCUT2D eigenvalue weighted by atomic mass is 19.3. The van der Waals surface area contributed by atoms with Gasteiger partial charge in [0.05, 0.1) is 25.7 Å². The quantitative estimate of drug-likeness (QED) is 0.861. The fourth-order valence-corrected chi connectivity index (χ4v) is 1.29. The van der Waals surface area contributed by atoms with Gasteiger partial charge in [0, 0.05) is 0 Å². The van der Waals surface area contributed by atoms with E-state index in [1.165, 1.54) is 25.3 Å². The third kappa shape index (κ3) is 3.57. The Morgan fingerprint density at radius 1 is 1.41 bits per heavy atom. The Morgan fingerprint density at radius 3 is 2.65 bits per heavy atom. The molecule has 0 radical (unpaired) electrons. The van der Waals surface area contributed by atoms with Crippen molar-refractivity contribution >= 4 is 0 Å². The third-order valence-corrected chi connectivity index (χ3v) is 2.07. The van der Waals surface area contributed by atoms with Crippen LogP contribution in [0.2, 0.25) is 0 Å². The molecule has 0 fully saturated rings. The fourth-order valence-electron chi connectivity index (χ4n) is 1.29. The van der Waals surface area contributed by atoms with Gasteiger partial charge in [-0.25, -0.2) is 0 Å². The number of rotatable bonds is 5. The SMILES string of the molecule is COc1ccc(C(O)CC#N)cc1OC(F)F. The normalized spacial score (nSPS) is 12.0. The zero-order chi connectivity index (χ0) is 12.8. The van der Waals surface area contributed by atoms with Crippen molar-refractivity contribution in [2.24, 2.45) is 0 Å². The lowest BCUT2D eigenvalue weighted by Crippen LogP contribution is -2.05. The smallest absolute Gasteiger partial charge is 0.387 e. The van der Waals surface area contributed by atoms with Crippen molar-refractivity contribution in [1.82, 2.24) is 0 Å². The van der Waals surface area contributed by atoms with Gasteiger partial charge in [-0.3, -0.25) is 0 Å². The highest BCUT2D eigenvalue weighted by Gasteiger charge is 2.14. The molecule has 1 N–H and O–H groups in total. The van der Waals surface area contributed by atoms with E-state index in [-0.39, 0.29) is 17.9 Å². The van der Waals surface area contributed by atoms with E-state index in [1.54, 1.807) is 6.07 Å². The maximum atomic E-state index is 12.1. The Kier molecular flexibility index (Phi) is 4.67. The van der Waals surface area contributed by atoms with Crippen LogP contribution in [0, 0.1) is 11.3 Å². The fraction of sp³-hybridized carbons (Fsp3) is 0.364. The number of aliphatic hydroxyl groups excluding tert-OH is 1. The standard InChI is InChI=1S/C11H11F2NO3/c1-16-9-3-2-7(8(15)4-5-14)6-10(9)17-11(12)13/h2-3,6,8,11,15H,4H2,1H3. The molecule has 0 amide bonds. The average Bonchev–Trinajstić information content (AvgIpc) is 2.28. The Morgan fingerprint density at radius 2 is 2.12 bits per heavy atom. The van der Waals surface area contributed by atoms with E-state index < -0.39 is 12.7 Å². The van der Waals surface area contributed by atoms with Crippen LogP contribution in [0.5, 0.6) is 11.5 Å². The number of nitrogens with zero attached hydrogens (tertiary/aromatic N) is 1. The lowest BCUT2D eigenvalue weighted by atomic mass is 10.1. The molecule has 0 aliphatic rings. The summed E-state index contributed by atoms with van der Waals surface area (Å²) in [5.41, 5.74) is 0.322. The predicted molar refractivity (Wildman–Crippen MR) is 54.8 cm³/mol. The average molecular weight is 243 g/mol. The number of alkyl halides is 2. The molecule has 92 valence electrons. The van der Waals surface area contributed by atoms with Crippen LogP contribution in [0.1, 0.15) is 18.1 Å². The molecule has 0 heterocycles. The van der Waals surface area contributed by atoms with Crippen LogP contribution in [-0.4, -0.2) is 18.8 Å². The minimum atomic E-state index is -2.98. The minimum Gasteiger partial charge on any atom is -0.493 e. The van der Waals surface area contributed by atoms with E-state index in [2.05, 4.69) is 4.74 Å². The van der Waals surface area contributed by atoms with E-state index in [9.17, 15) is 13.9 Å². The summed E-state index contributed by atoms with van der Waals surface area (Å²) in [5, 5.41) is 18.0. The summed E-state index contributed by atoms with van der Waals surface area (Å²) < 4.78 is 33.3. The lowest BCUT2D eigenvalue weighted by Gasteiger charge is -2.13. The van der Waals surface area contributed by atoms with Gasteiger partial charge in [0.2, 0.25) is 0 Å². The number of halogens is 2. The number of benzene rings is 1. The number of hydrogen-bond donors (Lipinski definition) is 1. The Labute approximate surface area is 97.0 Å². The molecule has 1 rings (SSSR count). The second kappa shape index (κ2) is 6.01. The molecule has 1 aromatic carbocycles. The van der Waals surface area contributed by atoms with Gasteiger partial charge in [0.1, 0.15) is 0 Å². The predicted octanol–water partition coefficient (Wildman–Crippen LogP) is 2.24. The van der Waals surface area contributed by atoms with Crippen LogP contribution >= 0.6 is 0 Å². The zero-order valence-electron chi connectivity index (χ0n) is 9.06. The van der Waals surface area contributed by atoms with Gasteiger partial charge in [-0.1, -0.05) is 6.07 Å². The summed E-state index contributed by atoms with van der Waals surface area (Å²) in [6, 6.07) is 5.90. The number of hydrogen-bond acceptors (Lipinski definition) is 4. The van der Waals surface area contributed by atoms with Gasteiger partial charge >= 0.3 is 6.61 Å². The summed E-state index contributed by atoms with van der Waals surface area (Å²) >= 11 is 0. The van der Waals surface area contributed by atoms with Gasteiger partial charge < -0.3 is 14.6 Å². The Bertz CT molecular complexity index is 418. The minimum absolute atomic E-state index is 0.125. The molecule has 1 aromatic rings. The van der Waals surface area contributed by atoms with E-state index in [4.69, 9.17) is 10.00 Å². The highest BCUT2D eigenvalue weighted by molar-refractivity contribution is 5.43. The molecule has 0 aliphatic carbocycles. The van der Waals surface area contributed by atoms with E-state index in [0.29, 0.717) is 5.56 Å². The maximum absolute atomic E-state index is 12.1. The van der Waals surface area contributed by atoms with Crippen molar-refractivity contribution in [3.63, 3.8) is 0 Å². The molecule has 0 saturated heterocycles. The first-order valence-electron chi connectivity index (χ1n) is 4.76. The Balaban J connectivity index is 3.00. The summed E-state index contributed by atoms with van der Waals surface area (Å²) in [7, 11) is 1.32. The lowest BCUT2D eigenvalue weighted by molar-refractivity contribution is -0.0513. The first-order valence-corrected chi connectivity index (χ1v) is 4.76. The van der Waals surface area contributed by atoms with Crippen molar-refractivity contribution < 1.29 is 23.4 Å². The molecule has 17 heavy (non-hydrogen) atoms. The van der Waals surface area contributed by atoms with Gasteiger partial charge in [0.25, 0.3) is 0 Å². The number of methoxy groups -OCH3 is 1. The molecule has 1 atom stereocenters. The second-order valence-corrected chi connectivity index (χ2v) is 3.17. The van der Waals surface area contributed by atoms with Gasteiger partial charge in [-0.2, -0.15) is 14.0 Å². The van der Waals surface area contributed by atoms with Crippen LogP contribution in [0.3, 0.4) is 0 Å². The number of nitriles is 1. The van der Waals surface area contributed by atoms with Crippen LogP contribution in [0.25, 0.3) is 0 Å². The molecular weight excluding hydrogens is 232 g/mol. The second-order valence-electron chi connectivity index (χ2n) is 3.17. The van der Waals surface area contributed by atoms with E-state index in [1.807, 2.05) is 0 Å². The molecule has 4 nitrogen and oxygen atoms in total. The van der Waals surface area contributed by atoms with Gasteiger partial charge in [-0.15, -0.1) is 0 Å². The molecule has 0 saturated carbocycles. The van der Waals surface area contributed by atoms with Crippen LogP contribution in [-0.2, 0) is 0 Å². The molecule has 0 aliphatic heterocycles. The maximum Gasteiger partial charge on any atom is 0.387 e.